The van der Waals surface area contributed by atoms with E-state index < -0.39 is 0 Å². The summed E-state index contributed by atoms with van der Waals surface area (Å²) < 4.78 is 1.32. The molecule has 1 saturated carbocycles. The molecule has 1 N–H and O–H groups in total. The van der Waals surface area contributed by atoms with E-state index in [1.54, 1.807) is 11.3 Å². The molecule has 0 amide bonds. The standard InChI is InChI=1S/C13H14N2S/c1-8-15-11-4-9(2-3-12(11)16-8)13-5-10(13)6-14-7-13/h2-4,10,14H,5-7H2,1H3/t10-,13+/m1/s1. The summed E-state index contributed by atoms with van der Waals surface area (Å²) in [6.45, 7) is 4.44. The smallest absolute Gasteiger partial charge is 0.0907 e. The van der Waals surface area contributed by atoms with Crippen LogP contribution in [0.4, 0.5) is 0 Å². The van der Waals surface area contributed by atoms with E-state index in [4.69, 9.17) is 0 Å². The van der Waals surface area contributed by atoms with Gasteiger partial charge in [0, 0.05) is 12.0 Å². The summed E-state index contributed by atoms with van der Waals surface area (Å²) in [5.74, 6) is 0.879. The predicted molar refractivity (Wildman–Crippen MR) is 67.0 cm³/mol. The predicted octanol–water partition coefficient (Wildman–Crippen LogP) is 2.47. The molecule has 1 aromatic heterocycles. The molecule has 16 heavy (non-hydrogen) atoms. The third-order valence-corrected chi connectivity index (χ3v) is 5.08. The van der Waals surface area contributed by atoms with Crippen molar-refractivity contribution in [1.29, 1.82) is 0 Å². The van der Waals surface area contributed by atoms with Gasteiger partial charge in [-0.2, -0.15) is 0 Å². The Labute approximate surface area is 98.7 Å². The number of nitrogens with one attached hydrogen (secondary N) is 1. The van der Waals surface area contributed by atoms with Crippen molar-refractivity contribution in [3.63, 3.8) is 0 Å². The van der Waals surface area contributed by atoms with Gasteiger partial charge in [-0.1, -0.05) is 6.07 Å². The maximum atomic E-state index is 4.59. The van der Waals surface area contributed by atoms with E-state index in [2.05, 4.69) is 35.4 Å². The molecule has 4 rings (SSSR count). The lowest BCUT2D eigenvalue weighted by Gasteiger charge is -2.11. The Bertz CT molecular complexity index is 574. The van der Waals surface area contributed by atoms with E-state index in [0.29, 0.717) is 5.41 Å². The Hall–Kier alpha value is -0.930. The molecule has 82 valence electrons. The first kappa shape index (κ1) is 9.14. The SMILES string of the molecule is Cc1nc2cc([C@]34CNC[C@H]3C4)ccc2s1. The molecule has 1 aliphatic heterocycles. The van der Waals surface area contributed by atoms with Crippen LogP contribution in [0.5, 0.6) is 0 Å². The monoisotopic (exact) mass is 230 g/mol. The fraction of sp³-hybridized carbons (Fsp3) is 0.462. The van der Waals surface area contributed by atoms with Crippen molar-refractivity contribution in [2.24, 2.45) is 5.92 Å². The van der Waals surface area contributed by atoms with Gasteiger partial charge in [-0.05, 0) is 43.5 Å². The lowest BCUT2D eigenvalue weighted by atomic mass is 9.95. The van der Waals surface area contributed by atoms with Crippen LogP contribution in [0.15, 0.2) is 18.2 Å². The van der Waals surface area contributed by atoms with Crippen LogP contribution >= 0.6 is 11.3 Å². The molecule has 0 bridgehead atoms. The number of hydrogen-bond donors (Lipinski definition) is 1. The Balaban J connectivity index is 1.86. The summed E-state index contributed by atoms with van der Waals surface area (Å²) in [6.07, 6.45) is 1.37. The highest BCUT2D eigenvalue weighted by Crippen LogP contribution is 2.56. The second-order valence-corrected chi connectivity index (χ2v) is 6.34. The fourth-order valence-electron chi connectivity index (χ4n) is 3.14. The number of fused-ring (bicyclic) bond motifs is 2. The van der Waals surface area contributed by atoms with E-state index in [1.165, 1.54) is 33.8 Å². The Morgan fingerprint density at radius 1 is 1.50 bits per heavy atom. The summed E-state index contributed by atoms with van der Waals surface area (Å²) in [6, 6.07) is 6.87. The van der Waals surface area contributed by atoms with E-state index in [1.807, 2.05) is 0 Å². The van der Waals surface area contributed by atoms with E-state index in [-0.39, 0.29) is 0 Å². The van der Waals surface area contributed by atoms with Crippen LogP contribution in [0, 0.1) is 12.8 Å². The molecular weight excluding hydrogens is 216 g/mol. The number of nitrogens with zero attached hydrogens (tertiary/aromatic N) is 1. The summed E-state index contributed by atoms with van der Waals surface area (Å²) >= 11 is 1.79. The molecule has 1 aliphatic carbocycles. The molecule has 2 fully saturated rings. The van der Waals surface area contributed by atoms with Gasteiger partial charge in [-0.3, -0.25) is 0 Å². The van der Waals surface area contributed by atoms with Crippen LogP contribution in [0.3, 0.4) is 0 Å². The number of rotatable bonds is 1. The van der Waals surface area contributed by atoms with Gasteiger partial charge >= 0.3 is 0 Å². The first-order valence-corrected chi connectivity index (χ1v) is 6.68. The number of aromatic nitrogens is 1. The molecule has 2 aromatic rings. The highest BCUT2D eigenvalue weighted by molar-refractivity contribution is 7.18. The number of aryl methyl sites for hydroxylation is 1. The zero-order valence-electron chi connectivity index (χ0n) is 9.29. The average molecular weight is 230 g/mol. The summed E-state index contributed by atoms with van der Waals surface area (Å²) in [5, 5.41) is 4.66. The van der Waals surface area contributed by atoms with Gasteiger partial charge in [0.2, 0.25) is 0 Å². The average Bonchev–Trinajstić information content (AvgIpc) is 2.68. The second kappa shape index (κ2) is 2.84. The number of hydrogen-bond acceptors (Lipinski definition) is 3. The minimum atomic E-state index is 0.464. The molecule has 3 heteroatoms. The van der Waals surface area contributed by atoms with Gasteiger partial charge in [0.1, 0.15) is 0 Å². The molecule has 2 nitrogen and oxygen atoms in total. The quantitative estimate of drug-likeness (QED) is 0.814. The maximum absolute atomic E-state index is 4.59. The van der Waals surface area contributed by atoms with Gasteiger partial charge in [0.25, 0.3) is 0 Å². The van der Waals surface area contributed by atoms with Crippen molar-refractivity contribution < 1.29 is 0 Å². The molecule has 2 heterocycles. The van der Waals surface area contributed by atoms with Gasteiger partial charge in [-0.25, -0.2) is 4.98 Å². The van der Waals surface area contributed by atoms with E-state index >= 15 is 0 Å². The summed E-state index contributed by atoms with van der Waals surface area (Å²) in [7, 11) is 0. The van der Waals surface area contributed by atoms with Crippen molar-refractivity contribution in [2.45, 2.75) is 18.8 Å². The minimum Gasteiger partial charge on any atom is -0.316 e. The minimum absolute atomic E-state index is 0.464. The van der Waals surface area contributed by atoms with Gasteiger partial charge in [-0.15, -0.1) is 11.3 Å². The van der Waals surface area contributed by atoms with Crippen molar-refractivity contribution in [2.75, 3.05) is 13.1 Å². The normalized spacial score (nSPS) is 31.9. The molecule has 1 saturated heterocycles. The maximum Gasteiger partial charge on any atom is 0.0907 e. The van der Waals surface area contributed by atoms with Crippen LogP contribution in [0.2, 0.25) is 0 Å². The van der Waals surface area contributed by atoms with Gasteiger partial charge in [0.05, 0.1) is 15.2 Å². The van der Waals surface area contributed by atoms with Crippen LogP contribution in [0.25, 0.3) is 10.2 Å². The lowest BCUT2D eigenvalue weighted by molar-refractivity contribution is 0.676. The lowest BCUT2D eigenvalue weighted by Crippen LogP contribution is -2.19. The van der Waals surface area contributed by atoms with Crippen molar-refractivity contribution in [3.8, 4) is 0 Å². The van der Waals surface area contributed by atoms with Crippen LogP contribution in [-0.4, -0.2) is 18.1 Å². The van der Waals surface area contributed by atoms with Crippen LogP contribution in [0.1, 0.15) is 17.0 Å². The Kier molecular flexibility index (Phi) is 1.62. The topological polar surface area (TPSA) is 24.9 Å². The van der Waals surface area contributed by atoms with Gasteiger partial charge in [0.15, 0.2) is 0 Å². The molecule has 0 unspecified atom stereocenters. The Morgan fingerprint density at radius 2 is 2.44 bits per heavy atom. The first-order chi connectivity index (χ1) is 7.78. The highest BCUT2D eigenvalue weighted by atomic mass is 32.1. The van der Waals surface area contributed by atoms with E-state index in [0.717, 1.165) is 12.5 Å². The zero-order chi connectivity index (χ0) is 10.8. The van der Waals surface area contributed by atoms with Crippen molar-refractivity contribution in [1.82, 2.24) is 10.3 Å². The van der Waals surface area contributed by atoms with Crippen LogP contribution < -0.4 is 5.32 Å². The highest BCUT2D eigenvalue weighted by Gasteiger charge is 2.57. The molecule has 0 spiro atoms. The molecule has 0 radical (unpaired) electrons. The van der Waals surface area contributed by atoms with Crippen molar-refractivity contribution in [3.05, 3.63) is 28.8 Å². The largest absolute Gasteiger partial charge is 0.316 e. The molecule has 2 atom stereocenters. The third-order valence-electron chi connectivity index (χ3n) is 4.13. The Morgan fingerprint density at radius 3 is 3.19 bits per heavy atom. The van der Waals surface area contributed by atoms with Crippen LogP contribution in [-0.2, 0) is 5.41 Å². The fourth-order valence-corrected chi connectivity index (χ4v) is 3.95. The molecule has 2 aliphatic rings. The molecular formula is C13H14N2S. The number of thiazole rings is 1. The molecule has 1 aromatic carbocycles. The first-order valence-electron chi connectivity index (χ1n) is 5.86. The number of benzene rings is 1. The summed E-state index contributed by atoms with van der Waals surface area (Å²) in [5.41, 5.74) is 3.15. The van der Waals surface area contributed by atoms with Gasteiger partial charge < -0.3 is 5.32 Å². The third kappa shape index (κ3) is 1.08. The number of piperidine rings is 1. The van der Waals surface area contributed by atoms with E-state index in [9.17, 15) is 0 Å². The second-order valence-electron chi connectivity index (χ2n) is 5.10. The van der Waals surface area contributed by atoms with Crippen molar-refractivity contribution >= 4 is 21.6 Å². The summed E-state index contributed by atoms with van der Waals surface area (Å²) in [4.78, 5) is 4.59. The zero-order valence-corrected chi connectivity index (χ0v) is 10.1.